The average Bonchev–Trinajstić information content (AvgIpc) is 2.39. The van der Waals surface area contributed by atoms with Crippen molar-refractivity contribution in [1.82, 2.24) is 4.90 Å². The molecule has 0 bridgehead atoms. The maximum atomic E-state index is 13.1. The predicted molar refractivity (Wildman–Crippen MR) is 73.4 cm³/mol. The van der Waals surface area contributed by atoms with Gasteiger partial charge in [0.2, 0.25) is 0 Å². The first-order chi connectivity index (χ1) is 9.20. The summed E-state index contributed by atoms with van der Waals surface area (Å²) in [6.07, 6.45) is -4.53. The third kappa shape index (κ3) is 2.99. The van der Waals surface area contributed by atoms with E-state index >= 15 is 0 Å². The van der Waals surface area contributed by atoms with Crippen LogP contribution in [0, 0.1) is 0 Å². The Bertz CT molecular complexity index is 439. The lowest BCUT2D eigenvalue weighted by Gasteiger charge is -2.43. The van der Waals surface area contributed by atoms with Crippen LogP contribution in [0.5, 0.6) is 0 Å². The smallest absolute Gasteiger partial charge is 0.386 e. The molecule has 0 saturated heterocycles. The summed E-state index contributed by atoms with van der Waals surface area (Å²) in [5.41, 5.74) is -1.53. The molecule has 0 fully saturated rings. The first kappa shape index (κ1) is 17.0. The summed E-state index contributed by atoms with van der Waals surface area (Å²) in [5, 5.41) is 10.6. The molecule has 1 aromatic rings. The van der Waals surface area contributed by atoms with Gasteiger partial charge in [0.05, 0.1) is 11.7 Å². The van der Waals surface area contributed by atoms with Crippen LogP contribution in [-0.4, -0.2) is 29.6 Å². The largest absolute Gasteiger partial charge is 0.416 e. The minimum atomic E-state index is -4.46. The molecule has 1 aromatic carbocycles. The van der Waals surface area contributed by atoms with Gasteiger partial charge in [0.25, 0.3) is 0 Å². The second kappa shape index (κ2) is 6.14. The van der Waals surface area contributed by atoms with E-state index in [1.807, 2.05) is 18.7 Å². The molecule has 5 heteroatoms. The Morgan fingerprint density at radius 1 is 1.10 bits per heavy atom. The molecule has 0 amide bonds. The van der Waals surface area contributed by atoms with Gasteiger partial charge < -0.3 is 10.0 Å². The highest BCUT2D eigenvalue weighted by Gasteiger charge is 2.42. The molecule has 0 aliphatic rings. The molecule has 0 heterocycles. The zero-order chi connectivity index (χ0) is 15.6. The molecule has 0 aliphatic heterocycles. The molecule has 0 saturated carbocycles. The quantitative estimate of drug-likeness (QED) is 0.889. The topological polar surface area (TPSA) is 23.5 Å². The Labute approximate surface area is 118 Å². The Morgan fingerprint density at radius 3 is 2.00 bits per heavy atom. The van der Waals surface area contributed by atoms with Gasteiger partial charge in [-0.1, -0.05) is 32.0 Å². The van der Waals surface area contributed by atoms with E-state index in [0.29, 0.717) is 12.8 Å². The number of aliphatic hydroxyl groups is 1. The molecular weight excluding hydrogens is 267 g/mol. The van der Waals surface area contributed by atoms with Crippen molar-refractivity contribution in [3.63, 3.8) is 0 Å². The number of halogens is 3. The van der Waals surface area contributed by atoms with Gasteiger partial charge in [-0.3, -0.25) is 0 Å². The van der Waals surface area contributed by atoms with Crippen LogP contribution < -0.4 is 0 Å². The zero-order valence-corrected chi connectivity index (χ0v) is 12.3. The summed E-state index contributed by atoms with van der Waals surface area (Å²) in [4.78, 5) is 1.81. The number of hydrogen-bond donors (Lipinski definition) is 1. The monoisotopic (exact) mass is 289 g/mol. The predicted octanol–water partition coefficient (Wildman–Crippen LogP) is 3.86. The highest BCUT2D eigenvalue weighted by molar-refractivity contribution is 5.33. The summed E-state index contributed by atoms with van der Waals surface area (Å²) in [5.74, 6) is 0. The molecule has 1 N–H and O–H groups in total. The van der Waals surface area contributed by atoms with Crippen LogP contribution in [0.4, 0.5) is 13.2 Å². The number of rotatable bonds is 5. The molecule has 0 radical (unpaired) electrons. The van der Waals surface area contributed by atoms with Gasteiger partial charge in [0.1, 0.15) is 0 Å². The van der Waals surface area contributed by atoms with Crippen LogP contribution in [0.3, 0.4) is 0 Å². The van der Waals surface area contributed by atoms with E-state index in [-0.39, 0.29) is 5.56 Å². The lowest BCUT2D eigenvalue weighted by molar-refractivity contribution is -0.140. The number of hydrogen-bond acceptors (Lipinski definition) is 2. The van der Waals surface area contributed by atoms with Crippen molar-refractivity contribution in [3.8, 4) is 0 Å². The highest BCUT2D eigenvalue weighted by atomic mass is 19.4. The fraction of sp³-hybridized carbons (Fsp3) is 0.600. The Morgan fingerprint density at radius 2 is 1.60 bits per heavy atom. The minimum absolute atomic E-state index is 0.0580. The van der Waals surface area contributed by atoms with Gasteiger partial charge in [-0.2, -0.15) is 13.2 Å². The van der Waals surface area contributed by atoms with Crippen molar-refractivity contribution in [2.24, 2.45) is 0 Å². The van der Waals surface area contributed by atoms with E-state index < -0.39 is 23.4 Å². The van der Waals surface area contributed by atoms with E-state index in [1.165, 1.54) is 18.2 Å². The summed E-state index contributed by atoms with van der Waals surface area (Å²) in [7, 11) is 3.57. The van der Waals surface area contributed by atoms with E-state index in [9.17, 15) is 18.3 Å². The van der Waals surface area contributed by atoms with Crippen molar-refractivity contribution < 1.29 is 18.3 Å². The van der Waals surface area contributed by atoms with Crippen LogP contribution in [-0.2, 0) is 6.18 Å². The van der Waals surface area contributed by atoms with E-state index in [2.05, 4.69) is 0 Å². The third-order valence-corrected chi connectivity index (χ3v) is 4.18. The maximum Gasteiger partial charge on any atom is 0.416 e. The molecule has 114 valence electrons. The minimum Gasteiger partial charge on any atom is -0.386 e. The van der Waals surface area contributed by atoms with Crippen LogP contribution >= 0.6 is 0 Å². The molecule has 1 rings (SSSR count). The second-order valence-corrected chi connectivity index (χ2v) is 5.19. The SMILES string of the molecule is CCC(CC)(C(O)c1ccccc1C(F)(F)F)N(C)C. The first-order valence-electron chi connectivity index (χ1n) is 6.72. The van der Waals surface area contributed by atoms with Crippen molar-refractivity contribution >= 4 is 0 Å². The lowest BCUT2D eigenvalue weighted by Crippen LogP contribution is -2.48. The maximum absolute atomic E-state index is 13.1. The molecule has 20 heavy (non-hydrogen) atoms. The third-order valence-electron chi connectivity index (χ3n) is 4.18. The van der Waals surface area contributed by atoms with Gasteiger partial charge in [0.15, 0.2) is 0 Å². The Balaban J connectivity index is 3.37. The second-order valence-electron chi connectivity index (χ2n) is 5.19. The van der Waals surface area contributed by atoms with Crippen molar-refractivity contribution in [1.29, 1.82) is 0 Å². The van der Waals surface area contributed by atoms with Crippen molar-refractivity contribution in [3.05, 3.63) is 35.4 Å². The first-order valence-corrected chi connectivity index (χ1v) is 6.72. The van der Waals surface area contributed by atoms with Crippen LogP contribution in [0.25, 0.3) is 0 Å². The van der Waals surface area contributed by atoms with Gasteiger partial charge >= 0.3 is 6.18 Å². The number of alkyl halides is 3. The Hall–Kier alpha value is -1.07. The van der Waals surface area contributed by atoms with E-state index in [4.69, 9.17) is 0 Å². The normalized spacial score (nSPS) is 14.7. The van der Waals surface area contributed by atoms with E-state index in [0.717, 1.165) is 6.07 Å². The van der Waals surface area contributed by atoms with Gasteiger partial charge in [-0.15, -0.1) is 0 Å². The molecule has 1 atom stereocenters. The van der Waals surface area contributed by atoms with Gasteiger partial charge in [0, 0.05) is 5.54 Å². The molecule has 0 spiro atoms. The molecule has 0 aromatic heterocycles. The summed E-state index contributed by atoms with van der Waals surface area (Å²) >= 11 is 0. The summed E-state index contributed by atoms with van der Waals surface area (Å²) in [6.45, 7) is 3.76. The van der Waals surface area contributed by atoms with Gasteiger partial charge in [-0.05, 0) is 38.6 Å². The van der Waals surface area contributed by atoms with E-state index in [1.54, 1.807) is 14.1 Å². The summed E-state index contributed by atoms with van der Waals surface area (Å²) < 4.78 is 39.2. The standard InChI is InChI=1S/C15H22F3NO/c1-5-14(6-2,19(3)4)13(20)11-9-7-8-10-12(11)15(16,17)18/h7-10,13,20H,5-6H2,1-4H3. The number of benzene rings is 1. The molecule has 0 aliphatic carbocycles. The van der Waals surface area contributed by atoms with Crippen LogP contribution in [0.2, 0.25) is 0 Å². The average molecular weight is 289 g/mol. The summed E-state index contributed by atoms with van der Waals surface area (Å²) in [6, 6.07) is 5.25. The van der Waals surface area contributed by atoms with Crippen LogP contribution in [0.1, 0.15) is 43.9 Å². The molecule has 1 unspecified atom stereocenters. The van der Waals surface area contributed by atoms with Crippen molar-refractivity contribution in [2.45, 2.75) is 44.5 Å². The fourth-order valence-electron chi connectivity index (χ4n) is 2.80. The molecular formula is C15H22F3NO. The number of likely N-dealkylation sites (N-methyl/N-ethyl adjacent to an activating group) is 1. The Kier molecular flexibility index (Phi) is 5.21. The van der Waals surface area contributed by atoms with Gasteiger partial charge in [-0.25, -0.2) is 0 Å². The lowest BCUT2D eigenvalue weighted by atomic mass is 9.80. The highest BCUT2D eigenvalue weighted by Crippen LogP contribution is 2.41. The van der Waals surface area contributed by atoms with Crippen LogP contribution in [0.15, 0.2) is 24.3 Å². The number of nitrogens with zero attached hydrogens (tertiary/aromatic N) is 1. The zero-order valence-electron chi connectivity index (χ0n) is 12.3. The van der Waals surface area contributed by atoms with Crippen molar-refractivity contribution in [2.75, 3.05) is 14.1 Å². The molecule has 2 nitrogen and oxygen atoms in total. The fourth-order valence-corrected chi connectivity index (χ4v) is 2.80. The number of aliphatic hydroxyl groups excluding tert-OH is 1.